The number of benzene rings is 1. The fourth-order valence-electron chi connectivity index (χ4n) is 2.38. The lowest BCUT2D eigenvalue weighted by Gasteiger charge is -2.12. The topological polar surface area (TPSA) is 107 Å². The number of hydrogen-bond donors (Lipinski definition) is 3. The zero-order valence-electron chi connectivity index (χ0n) is 13.1. The molecule has 0 bridgehead atoms. The highest BCUT2D eigenvalue weighted by Crippen LogP contribution is 2.23. The van der Waals surface area contributed by atoms with Gasteiger partial charge >= 0.3 is 5.97 Å². The van der Waals surface area contributed by atoms with Crippen LogP contribution in [0, 0.1) is 0 Å². The normalized spacial score (nSPS) is 14.2. The van der Waals surface area contributed by atoms with Gasteiger partial charge in [0.05, 0.1) is 22.2 Å². The van der Waals surface area contributed by atoms with Crippen molar-refractivity contribution in [2.75, 3.05) is 19.6 Å². The van der Waals surface area contributed by atoms with Crippen molar-refractivity contribution in [2.24, 2.45) is 0 Å². The molecule has 0 saturated heterocycles. The molecule has 3 N–H and O–H groups in total. The van der Waals surface area contributed by atoms with E-state index in [1.165, 1.54) is 0 Å². The molecular weight excluding hydrogens is 371 g/mol. The second-order valence-corrected chi connectivity index (χ2v) is 6.30. The van der Waals surface area contributed by atoms with Crippen LogP contribution in [-0.2, 0) is 20.8 Å². The highest BCUT2D eigenvalue weighted by atomic mass is 35.5. The zero-order chi connectivity index (χ0) is 18.6. The van der Waals surface area contributed by atoms with Crippen LogP contribution in [0.3, 0.4) is 0 Å². The summed E-state index contributed by atoms with van der Waals surface area (Å²) >= 11 is 11.8. The lowest BCUT2D eigenvalue weighted by atomic mass is 10.1. The molecular formula is C16H16Cl2N2O5. The van der Waals surface area contributed by atoms with Gasteiger partial charge in [-0.3, -0.25) is 14.4 Å². The Balaban J connectivity index is 1.83. The maximum absolute atomic E-state index is 12.0. The summed E-state index contributed by atoms with van der Waals surface area (Å²) in [5.41, 5.74) is 0.843. The van der Waals surface area contributed by atoms with Gasteiger partial charge in [0, 0.05) is 6.54 Å². The Morgan fingerprint density at radius 2 is 1.96 bits per heavy atom. The third-order valence-electron chi connectivity index (χ3n) is 3.64. The predicted molar refractivity (Wildman–Crippen MR) is 91.7 cm³/mol. The summed E-state index contributed by atoms with van der Waals surface area (Å²) < 4.78 is 0. The Labute approximate surface area is 153 Å². The first-order valence-electron chi connectivity index (χ1n) is 7.45. The number of amides is 2. The molecule has 2 rings (SSSR count). The molecule has 1 aromatic carbocycles. The molecule has 0 spiro atoms. The van der Waals surface area contributed by atoms with Crippen molar-refractivity contribution in [3.63, 3.8) is 0 Å². The molecule has 7 nitrogen and oxygen atoms in total. The standard InChI is InChI=1S/C16H16Cl2N2O5/c17-11-4-3-9(6-12(11)18)2-1-5-19-15(24)10-7-20(8-13(21)22)16(25)14(10)23/h3-4,6,23H,1-2,5,7-8H2,(H,19,24)(H,21,22). The van der Waals surface area contributed by atoms with Gasteiger partial charge in [-0.15, -0.1) is 0 Å². The van der Waals surface area contributed by atoms with Gasteiger partial charge in [-0.1, -0.05) is 29.3 Å². The summed E-state index contributed by atoms with van der Waals surface area (Å²) in [4.78, 5) is 35.3. The number of aliphatic hydroxyl groups excluding tert-OH is 1. The van der Waals surface area contributed by atoms with Crippen LogP contribution >= 0.6 is 23.2 Å². The number of halogens is 2. The van der Waals surface area contributed by atoms with Gasteiger partial charge in [0.25, 0.3) is 11.8 Å². The van der Waals surface area contributed by atoms with Crippen LogP contribution in [0.5, 0.6) is 0 Å². The van der Waals surface area contributed by atoms with Gasteiger partial charge in [-0.2, -0.15) is 0 Å². The Bertz CT molecular complexity index is 748. The van der Waals surface area contributed by atoms with Crippen LogP contribution < -0.4 is 5.32 Å². The molecule has 0 unspecified atom stereocenters. The van der Waals surface area contributed by atoms with E-state index in [-0.39, 0.29) is 12.1 Å². The number of rotatable bonds is 7. The molecule has 9 heteroatoms. The smallest absolute Gasteiger partial charge is 0.323 e. The molecule has 0 aliphatic carbocycles. The van der Waals surface area contributed by atoms with Crippen molar-refractivity contribution >= 4 is 41.0 Å². The van der Waals surface area contributed by atoms with Crippen molar-refractivity contribution in [3.05, 3.63) is 45.1 Å². The largest absolute Gasteiger partial charge is 0.503 e. The Hall–Kier alpha value is -2.25. The number of nitrogens with zero attached hydrogens (tertiary/aromatic N) is 1. The van der Waals surface area contributed by atoms with Crippen molar-refractivity contribution in [1.82, 2.24) is 10.2 Å². The highest BCUT2D eigenvalue weighted by molar-refractivity contribution is 6.42. The summed E-state index contributed by atoms with van der Waals surface area (Å²) in [5, 5.41) is 22.0. The van der Waals surface area contributed by atoms with Gasteiger partial charge in [0.15, 0.2) is 5.76 Å². The number of carbonyl (C=O) groups excluding carboxylic acids is 2. The molecule has 0 radical (unpaired) electrons. The highest BCUT2D eigenvalue weighted by Gasteiger charge is 2.34. The molecule has 2 amide bonds. The van der Waals surface area contributed by atoms with E-state index in [4.69, 9.17) is 28.3 Å². The predicted octanol–water partition coefficient (Wildman–Crippen LogP) is 1.78. The molecule has 1 aliphatic rings. The number of hydrogen-bond acceptors (Lipinski definition) is 4. The quantitative estimate of drug-likeness (QED) is 0.619. The average Bonchev–Trinajstić information content (AvgIpc) is 2.82. The number of nitrogens with one attached hydrogen (secondary N) is 1. The fourth-order valence-corrected chi connectivity index (χ4v) is 2.70. The van der Waals surface area contributed by atoms with Crippen molar-refractivity contribution in [3.8, 4) is 0 Å². The molecule has 134 valence electrons. The zero-order valence-corrected chi connectivity index (χ0v) is 14.6. The second-order valence-electron chi connectivity index (χ2n) is 5.49. The molecule has 25 heavy (non-hydrogen) atoms. The summed E-state index contributed by atoms with van der Waals surface area (Å²) in [6.07, 6.45) is 1.27. The van der Waals surface area contributed by atoms with Gasteiger partial charge in [0.1, 0.15) is 6.54 Å². The minimum Gasteiger partial charge on any atom is -0.503 e. The van der Waals surface area contributed by atoms with Crippen LogP contribution in [-0.4, -0.2) is 52.5 Å². The number of aliphatic carboxylic acids is 1. The third-order valence-corrected chi connectivity index (χ3v) is 4.38. The molecule has 0 saturated carbocycles. The maximum Gasteiger partial charge on any atom is 0.323 e. The Morgan fingerprint density at radius 1 is 1.24 bits per heavy atom. The van der Waals surface area contributed by atoms with Gasteiger partial charge in [-0.25, -0.2) is 0 Å². The van der Waals surface area contributed by atoms with E-state index in [2.05, 4.69) is 5.32 Å². The molecule has 0 aromatic heterocycles. The maximum atomic E-state index is 12.0. The third kappa shape index (κ3) is 4.87. The number of carboxylic acid groups (broad SMARTS) is 1. The average molecular weight is 387 g/mol. The van der Waals surface area contributed by atoms with Gasteiger partial charge in [-0.05, 0) is 30.5 Å². The van der Waals surface area contributed by atoms with E-state index in [1.807, 2.05) is 6.07 Å². The van der Waals surface area contributed by atoms with E-state index < -0.39 is 30.1 Å². The number of aliphatic hydroxyl groups is 1. The van der Waals surface area contributed by atoms with Crippen LogP contribution in [0.15, 0.2) is 29.5 Å². The number of aryl methyl sites for hydroxylation is 1. The first-order chi connectivity index (χ1) is 11.8. The van der Waals surface area contributed by atoms with Crippen molar-refractivity contribution in [2.45, 2.75) is 12.8 Å². The SMILES string of the molecule is O=C(O)CN1CC(C(=O)NCCCc2ccc(Cl)c(Cl)c2)=C(O)C1=O. The van der Waals surface area contributed by atoms with Crippen LogP contribution in [0.1, 0.15) is 12.0 Å². The molecule has 1 aliphatic heterocycles. The Morgan fingerprint density at radius 3 is 2.60 bits per heavy atom. The summed E-state index contributed by atoms with van der Waals surface area (Å²) in [7, 11) is 0. The molecule has 0 fully saturated rings. The fraction of sp³-hybridized carbons (Fsp3) is 0.312. The Kier molecular flexibility index (Phi) is 6.27. The van der Waals surface area contributed by atoms with Gasteiger partial charge < -0.3 is 20.4 Å². The van der Waals surface area contributed by atoms with Crippen LogP contribution in [0.4, 0.5) is 0 Å². The number of carboxylic acids is 1. The van der Waals surface area contributed by atoms with Crippen LogP contribution in [0.2, 0.25) is 10.0 Å². The van der Waals surface area contributed by atoms with Crippen LogP contribution in [0.25, 0.3) is 0 Å². The van der Waals surface area contributed by atoms with E-state index in [0.29, 0.717) is 29.4 Å². The number of carbonyl (C=O) groups is 3. The second kappa shape index (κ2) is 8.22. The van der Waals surface area contributed by atoms with E-state index >= 15 is 0 Å². The summed E-state index contributed by atoms with van der Waals surface area (Å²) in [6, 6.07) is 5.28. The van der Waals surface area contributed by atoms with E-state index in [0.717, 1.165) is 10.5 Å². The molecule has 1 heterocycles. The lowest BCUT2D eigenvalue weighted by Crippen LogP contribution is -2.34. The van der Waals surface area contributed by atoms with Crippen molar-refractivity contribution in [1.29, 1.82) is 0 Å². The minimum absolute atomic E-state index is 0.124. The first-order valence-corrected chi connectivity index (χ1v) is 8.20. The first kappa shape index (κ1) is 19.1. The van der Waals surface area contributed by atoms with Crippen molar-refractivity contribution < 1.29 is 24.6 Å². The lowest BCUT2D eigenvalue weighted by molar-refractivity contribution is -0.142. The molecule has 1 aromatic rings. The minimum atomic E-state index is -1.22. The van der Waals surface area contributed by atoms with E-state index in [1.54, 1.807) is 12.1 Å². The molecule has 0 atom stereocenters. The van der Waals surface area contributed by atoms with E-state index in [9.17, 15) is 19.5 Å². The monoisotopic (exact) mass is 386 g/mol. The summed E-state index contributed by atoms with van der Waals surface area (Å²) in [5.74, 6) is -3.37. The van der Waals surface area contributed by atoms with Gasteiger partial charge in [0.2, 0.25) is 0 Å². The summed E-state index contributed by atoms with van der Waals surface area (Å²) in [6.45, 7) is -0.477.